The van der Waals surface area contributed by atoms with Crippen molar-refractivity contribution in [1.82, 2.24) is 0 Å². The van der Waals surface area contributed by atoms with Crippen LogP contribution in [0.4, 0.5) is 0 Å². The third-order valence-electron chi connectivity index (χ3n) is 3.07. The van der Waals surface area contributed by atoms with Crippen LogP contribution in [-0.2, 0) is 14.3 Å². The molecule has 1 aliphatic carbocycles. The number of benzene rings is 1. The van der Waals surface area contributed by atoms with Gasteiger partial charge in [0, 0.05) is 23.6 Å². The molecule has 1 aromatic rings. The predicted octanol–water partition coefficient (Wildman–Crippen LogP) is 2.06. The minimum Gasteiger partial charge on any atom is -0.507 e. The third kappa shape index (κ3) is 2.61. The minimum absolute atomic E-state index is 0.0841. The van der Waals surface area contributed by atoms with Crippen LogP contribution in [0.15, 0.2) is 29.8 Å². The summed E-state index contributed by atoms with van der Waals surface area (Å²) in [5.41, 5.74) is 0.680. The maximum absolute atomic E-state index is 12.0. The molecule has 5 nitrogen and oxygen atoms in total. The van der Waals surface area contributed by atoms with E-state index in [1.54, 1.807) is 18.2 Å². The molecule has 0 unspecified atom stereocenters. The molecule has 0 aliphatic heterocycles. The smallest absolute Gasteiger partial charge is 0.302 e. The Morgan fingerprint density at radius 2 is 1.80 bits per heavy atom. The van der Waals surface area contributed by atoms with E-state index in [0.29, 0.717) is 12.0 Å². The van der Waals surface area contributed by atoms with Crippen molar-refractivity contribution in [3.05, 3.63) is 41.0 Å². The first kappa shape index (κ1) is 14.0. The van der Waals surface area contributed by atoms with Crippen LogP contribution in [0, 0.1) is 0 Å². The SMILES string of the molecule is CC(=O)OCCCC1=C(O)c2ccccc2C(=O)C1=O. The molecule has 2 rings (SSSR count). The zero-order valence-corrected chi connectivity index (χ0v) is 11.0. The van der Waals surface area contributed by atoms with Crippen LogP contribution >= 0.6 is 0 Å². The Morgan fingerprint density at radius 1 is 1.15 bits per heavy atom. The monoisotopic (exact) mass is 274 g/mol. The number of hydrogen-bond acceptors (Lipinski definition) is 5. The van der Waals surface area contributed by atoms with Gasteiger partial charge in [0.05, 0.1) is 6.61 Å². The number of carbonyl (C=O) groups excluding carboxylic acids is 3. The van der Waals surface area contributed by atoms with Crippen molar-refractivity contribution in [2.75, 3.05) is 6.61 Å². The Bertz CT molecular complexity index is 612. The fraction of sp³-hybridized carbons (Fsp3) is 0.267. The molecule has 0 saturated carbocycles. The molecule has 0 bridgehead atoms. The number of carbonyl (C=O) groups is 3. The topological polar surface area (TPSA) is 80.7 Å². The third-order valence-corrected chi connectivity index (χ3v) is 3.07. The van der Waals surface area contributed by atoms with E-state index < -0.39 is 17.5 Å². The van der Waals surface area contributed by atoms with Crippen LogP contribution in [0.25, 0.3) is 5.76 Å². The zero-order chi connectivity index (χ0) is 14.7. The Balaban J connectivity index is 2.21. The van der Waals surface area contributed by atoms with E-state index in [-0.39, 0.29) is 29.9 Å². The summed E-state index contributed by atoms with van der Waals surface area (Å²) in [5.74, 6) is -1.86. The lowest BCUT2D eigenvalue weighted by atomic mass is 9.86. The molecule has 104 valence electrons. The Hall–Kier alpha value is -2.43. The molecule has 1 aliphatic rings. The second-order valence-corrected chi connectivity index (χ2v) is 4.47. The summed E-state index contributed by atoms with van der Waals surface area (Å²) in [5, 5.41) is 10.1. The summed E-state index contributed by atoms with van der Waals surface area (Å²) in [7, 11) is 0. The largest absolute Gasteiger partial charge is 0.507 e. The summed E-state index contributed by atoms with van der Waals surface area (Å²) in [4.78, 5) is 34.5. The number of ketones is 2. The lowest BCUT2D eigenvalue weighted by Gasteiger charge is -2.17. The number of esters is 1. The van der Waals surface area contributed by atoms with Gasteiger partial charge in [0.2, 0.25) is 11.6 Å². The average molecular weight is 274 g/mol. The first-order chi connectivity index (χ1) is 9.52. The Kier molecular flexibility index (Phi) is 3.98. The summed E-state index contributed by atoms with van der Waals surface area (Å²) in [6, 6.07) is 6.44. The zero-order valence-electron chi connectivity index (χ0n) is 11.0. The molecule has 5 heteroatoms. The van der Waals surface area contributed by atoms with Gasteiger partial charge >= 0.3 is 5.97 Å². The van der Waals surface area contributed by atoms with Gasteiger partial charge in [-0.25, -0.2) is 0 Å². The number of aliphatic hydroxyl groups is 1. The van der Waals surface area contributed by atoms with Gasteiger partial charge in [0.25, 0.3) is 0 Å². The fourth-order valence-corrected chi connectivity index (χ4v) is 2.11. The van der Waals surface area contributed by atoms with Crippen LogP contribution < -0.4 is 0 Å². The fourth-order valence-electron chi connectivity index (χ4n) is 2.11. The van der Waals surface area contributed by atoms with E-state index in [2.05, 4.69) is 0 Å². The van der Waals surface area contributed by atoms with E-state index in [0.717, 1.165) is 0 Å². The average Bonchev–Trinajstić information content (AvgIpc) is 2.44. The number of hydrogen-bond donors (Lipinski definition) is 1. The highest BCUT2D eigenvalue weighted by atomic mass is 16.5. The van der Waals surface area contributed by atoms with E-state index >= 15 is 0 Å². The molecule has 0 fully saturated rings. The molecule has 0 heterocycles. The number of fused-ring (bicyclic) bond motifs is 1. The van der Waals surface area contributed by atoms with Crippen LogP contribution in [0.1, 0.15) is 35.7 Å². The molecule has 0 radical (unpaired) electrons. The number of allylic oxidation sites excluding steroid dienone is 1. The molecule has 20 heavy (non-hydrogen) atoms. The molecular formula is C15H14O5. The summed E-state index contributed by atoms with van der Waals surface area (Å²) >= 11 is 0. The van der Waals surface area contributed by atoms with Crippen molar-refractivity contribution in [3.8, 4) is 0 Å². The molecule has 0 saturated heterocycles. The lowest BCUT2D eigenvalue weighted by Crippen LogP contribution is -2.24. The maximum Gasteiger partial charge on any atom is 0.302 e. The summed E-state index contributed by atoms with van der Waals surface area (Å²) in [6.45, 7) is 1.44. The number of ether oxygens (including phenoxy) is 1. The van der Waals surface area contributed by atoms with E-state index in [4.69, 9.17) is 4.74 Å². The van der Waals surface area contributed by atoms with Gasteiger partial charge in [-0.3, -0.25) is 14.4 Å². The van der Waals surface area contributed by atoms with Crippen molar-refractivity contribution in [1.29, 1.82) is 0 Å². The molecule has 0 aromatic heterocycles. The van der Waals surface area contributed by atoms with Crippen LogP contribution in [-0.4, -0.2) is 29.2 Å². The van der Waals surface area contributed by atoms with Gasteiger partial charge in [-0.1, -0.05) is 24.3 Å². The van der Waals surface area contributed by atoms with Crippen LogP contribution in [0.5, 0.6) is 0 Å². The second kappa shape index (κ2) is 5.69. The molecule has 1 aromatic carbocycles. The van der Waals surface area contributed by atoms with Crippen LogP contribution in [0.3, 0.4) is 0 Å². The highest BCUT2D eigenvalue weighted by molar-refractivity contribution is 6.52. The van der Waals surface area contributed by atoms with E-state index in [1.807, 2.05) is 0 Å². The highest BCUT2D eigenvalue weighted by Crippen LogP contribution is 2.29. The lowest BCUT2D eigenvalue weighted by molar-refractivity contribution is -0.141. The van der Waals surface area contributed by atoms with Crippen molar-refractivity contribution in [2.24, 2.45) is 0 Å². The maximum atomic E-state index is 12.0. The first-order valence-electron chi connectivity index (χ1n) is 6.26. The molecule has 0 spiro atoms. The number of aliphatic hydroxyl groups excluding tert-OH is 1. The molecular weight excluding hydrogens is 260 g/mol. The van der Waals surface area contributed by atoms with Crippen molar-refractivity contribution >= 4 is 23.3 Å². The Labute approximate surface area is 115 Å². The number of Topliss-reactive ketones (excluding diaryl/α,β-unsaturated/α-hetero) is 2. The van der Waals surface area contributed by atoms with Crippen molar-refractivity contribution < 1.29 is 24.2 Å². The predicted molar refractivity (Wildman–Crippen MR) is 71.2 cm³/mol. The van der Waals surface area contributed by atoms with E-state index in [1.165, 1.54) is 13.0 Å². The quantitative estimate of drug-likeness (QED) is 0.516. The van der Waals surface area contributed by atoms with Gasteiger partial charge in [0.15, 0.2) is 0 Å². The second-order valence-electron chi connectivity index (χ2n) is 4.47. The van der Waals surface area contributed by atoms with Gasteiger partial charge in [-0.05, 0) is 12.8 Å². The first-order valence-corrected chi connectivity index (χ1v) is 6.26. The molecule has 1 N–H and O–H groups in total. The standard InChI is InChI=1S/C15H14O5/c1-9(16)20-8-4-7-12-13(17)10-5-2-3-6-11(10)14(18)15(12)19/h2-3,5-6,17H,4,7-8H2,1H3. The minimum atomic E-state index is -0.691. The van der Waals surface area contributed by atoms with Gasteiger partial charge in [0.1, 0.15) is 5.76 Å². The van der Waals surface area contributed by atoms with Crippen LogP contribution in [0.2, 0.25) is 0 Å². The summed E-state index contributed by atoms with van der Waals surface area (Å²) in [6.07, 6.45) is 0.568. The van der Waals surface area contributed by atoms with Gasteiger partial charge in [-0.2, -0.15) is 0 Å². The highest BCUT2D eigenvalue weighted by Gasteiger charge is 2.31. The van der Waals surface area contributed by atoms with Gasteiger partial charge in [-0.15, -0.1) is 0 Å². The molecule has 0 atom stereocenters. The number of rotatable bonds is 4. The van der Waals surface area contributed by atoms with Crippen molar-refractivity contribution in [2.45, 2.75) is 19.8 Å². The van der Waals surface area contributed by atoms with Crippen molar-refractivity contribution in [3.63, 3.8) is 0 Å². The summed E-state index contributed by atoms with van der Waals surface area (Å²) < 4.78 is 4.76. The van der Waals surface area contributed by atoms with E-state index in [9.17, 15) is 19.5 Å². The van der Waals surface area contributed by atoms with Gasteiger partial charge < -0.3 is 9.84 Å². The normalized spacial score (nSPS) is 14.2. The molecule has 0 amide bonds. The Morgan fingerprint density at radius 3 is 2.45 bits per heavy atom.